The molecule has 0 unspecified atom stereocenters. The number of nitrogens with zero attached hydrogens (tertiary/aromatic N) is 1. The van der Waals surface area contributed by atoms with E-state index < -0.39 is 0 Å². The van der Waals surface area contributed by atoms with Crippen molar-refractivity contribution in [3.63, 3.8) is 0 Å². The summed E-state index contributed by atoms with van der Waals surface area (Å²) < 4.78 is 12.0. The summed E-state index contributed by atoms with van der Waals surface area (Å²) >= 11 is 3.51. The van der Waals surface area contributed by atoms with E-state index in [9.17, 15) is 9.59 Å². The highest BCUT2D eigenvalue weighted by molar-refractivity contribution is 9.10. The van der Waals surface area contributed by atoms with Crippen LogP contribution in [0.15, 0.2) is 40.9 Å². The summed E-state index contributed by atoms with van der Waals surface area (Å²) in [7, 11) is 1.53. The highest BCUT2D eigenvalue weighted by atomic mass is 79.9. The third-order valence-electron chi connectivity index (χ3n) is 4.26. The first kappa shape index (κ1) is 23.3. The number of hydrogen-bond acceptors (Lipinski definition) is 4. The lowest BCUT2D eigenvalue weighted by molar-refractivity contribution is -0.123. The molecular weight excluding hydrogens is 448 g/mol. The second-order valence-electron chi connectivity index (χ2n) is 6.28. The molecule has 0 saturated carbocycles. The van der Waals surface area contributed by atoms with E-state index in [2.05, 4.69) is 27.2 Å². The van der Waals surface area contributed by atoms with Crippen LogP contribution < -0.4 is 19.7 Å². The summed E-state index contributed by atoms with van der Waals surface area (Å²) in [5.41, 5.74) is 1.91. The molecule has 0 aliphatic carbocycles. The molecule has 0 bridgehead atoms. The van der Waals surface area contributed by atoms with Crippen molar-refractivity contribution in [1.29, 1.82) is 0 Å². The molecule has 30 heavy (non-hydrogen) atoms. The fraction of sp³-hybridized carbons (Fsp3) is 0.304. The molecule has 158 valence electrons. The van der Waals surface area contributed by atoms with Crippen molar-refractivity contribution < 1.29 is 19.1 Å². The number of anilines is 1. The van der Waals surface area contributed by atoms with Crippen LogP contribution in [0.3, 0.4) is 0 Å². The number of rotatable bonds is 9. The van der Waals surface area contributed by atoms with E-state index in [0.29, 0.717) is 36.0 Å². The van der Waals surface area contributed by atoms with Gasteiger partial charge in [-0.3, -0.25) is 9.59 Å². The molecule has 0 fully saturated rings. The highest BCUT2D eigenvalue weighted by Crippen LogP contribution is 2.34. The van der Waals surface area contributed by atoms with Crippen LogP contribution >= 0.6 is 15.9 Å². The van der Waals surface area contributed by atoms with Crippen molar-refractivity contribution in [3.8, 4) is 23.8 Å². The van der Waals surface area contributed by atoms with E-state index >= 15 is 0 Å². The lowest BCUT2D eigenvalue weighted by atomic mass is 10.1. The molecule has 0 aliphatic rings. The number of carbonyl (C=O) groups excluding carboxylic acids is 2. The molecule has 2 aromatic carbocycles. The quantitative estimate of drug-likeness (QED) is 0.566. The second kappa shape index (κ2) is 11.3. The number of terminal acetylenes is 1. The van der Waals surface area contributed by atoms with Gasteiger partial charge in [0.25, 0.3) is 0 Å². The third kappa shape index (κ3) is 6.01. The Morgan fingerprint density at radius 3 is 2.40 bits per heavy atom. The summed E-state index contributed by atoms with van der Waals surface area (Å²) in [6, 6.07) is 10.6. The maximum Gasteiger partial charge on any atom is 0.239 e. The van der Waals surface area contributed by atoms with Gasteiger partial charge in [-0.15, -0.1) is 6.42 Å². The average molecular weight is 473 g/mol. The van der Waals surface area contributed by atoms with Crippen molar-refractivity contribution in [3.05, 3.63) is 52.0 Å². The Morgan fingerprint density at radius 2 is 1.80 bits per heavy atom. The number of amides is 2. The van der Waals surface area contributed by atoms with Crippen LogP contribution in [0.2, 0.25) is 0 Å². The first-order chi connectivity index (χ1) is 14.4. The molecule has 2 amide bonds. The van der Waals surface area contributed by atoms with Gasteiger partial charge in [-0.25, -0.2) is 0 Å². The molecule has 0 saturated heterocycles. The zero-order valence-corrected chi connectivity index (χ0v) is 18.9. The van der Waals surface area contributed by atoms with Gasteiger partial charge in [0.05, 0.1) is 19.6 Å². The first-order valence-electron chi connectivity index (χ1n) is 9.59. The van der Waals surface area contributed by atoms with Gasteiger partial charge in [0.15, 0.2) is 11.5 Å². The van der Waals surface area contributed by atoms with Crippen molar-refractivity contribution in [2.45, 2.75) is 20.3 Å². The fourth-order valence-electron chi connectivity index (χ4n) is 2.82. The maximum absolute atomic E-state index is 13.2. The number of benzene rings is 2. The minimum Gasteiger partial charge on any atom is -0.490 e. The second-order valence-corrected chi connectivity index (χ2v) is 7.14. The first-order valence-corrected chi connectivity index (χ1v) is 10.4. The molecule has 6 nitrogen and oxygen atoms in total. The number of ether oxygens (including phenoxy) is 2. The molecule has 1 N–H and O–H groups in total. The van der Waals surface area contributed by atoms with Gasteiger partial charge in [0.1, 0.15) is 6.54 Å². The van der Waals surface area contributed by atoms with Gasteiger partial charge in [-0.2, -0.15) is 0 Å². The van der Waals surface area contributed by atoms with E-state index in [1.165, 1.54) is 11.9 Å². The largest absolute Gasteiger partial charge is 0.490 e. The predicted octanol–water partition coefficient (Wildman–Crippen LogP) is 3.55. The zero-order chi connectivity index (χ0) is 22.1. The molecule has 0 heterocycles. The zero-order valence-electron chi connectivity index (χ0n) is 17.3. The minimum atomic E-state index is -0.282. The average Bonchev–Trinajstić information content (AvgIpc) is 2.75. The number of hydrogen-bond donors (Lipinski definition) is 1. The maximum atomic E-state index is 13.2. The Morgan fingerprint density at radius 1 is 1.13 bits per heavy atom. The Hall–Kier alpha value is -2.98. The summed E-state index contributed by atoms with van der Waals surface area (Å²) in [6.07, 6.45) is 5.54. The summed E-state index contributed by atoms with van der Waals surface area (Å²) in [4.78, 5) is 26.7. The molecule has 7 heteroatoms. The van der Waals surface area contributed by atoms with E-state index in [4.69, 9.17) is 15.9 Å². The Labute approximate surface area is 185 Å². The Bertz CT molecular complexity index is 953. The Kier molecular flexibility index (Phi) is 8.75. The standard InChI is InChI=1S/C23H25BrN2O4/c1-5-16-9-8-10-18(11-16)26(15-22(27)25-4)23(28)13-17-12-20(29-6-2)21(30-7-3)14-19(17)24/h1,8-12,14H,6-7,13,15H2,2-4H3,(H,25,27). The van der Waals surface area contributed by atoms with Crippen LogP contribution in [0.5, 0.6) is 11.5 Å². The lowest BCUT2D eigenvalue weighted by Crippen LogP contribution is -2.40. The molecule has 2 rings (SSSR count). The van der Waals surface area contributed by atoms with Gasteiger partial charge in [0, 0.05) is 22.8 Å². The molecule has 0 atom stereocenters. The number of halogens is 1. The van der Waals surface area contributed by atoms with Gasteiger partial charge in [-0.1, -0.05) is 27.9 Å². The SMILES string of the molecule is C#Cc1cccc(N(CC(=O)NC)C(=O)Cc2cc(OCC)c(OCC)cc2Br)c1. The Balaban J connectivity index is 2.37. The molecule has 0 radical (unpaired) electrons. The number of carbonyl (C=O) groups is 2. The van der Waals surface area contributed by atoms with Gasteiger partial charge < -0.3 is 19.7 Å². The third-order valence-corrected chi connectivity index (χ3v) is 5.00. The summed E-state index contributed by atoms with van der Waals surface area (Å²) in [5, 5.41) is 2.55. The summed E-state index contributed by atoms with van der Waals surface area (Å²) in [5.74, 6) is 3.19. The van der Waals surface area contributed by atoms with Crippen molar-refractivity contribution >= 4 is 33.4 Å². The number of nitrogens with one attached hydrogen (secondary N) is 1. The normalized spacial score (nSPS) is 10.1. The van der Waals surface area contributed by atoms with Gasteiger partial charge >= 0.3 is 0 Å². The smallest absolute Gasteiger partial charge is 0.239 e. The van der Waals surface area contributed by atoms with Crippen LogP contribution in [0.25, 0.3) is 0 Å². The van der Waals surface area contributed by atoms with Crippen molar-refractivity contribution in [2.75, 3.05) is 31.7 Å². The van der Waals surface area contributed by atoms with Crippen molar-refractivity contribution in [1.82, 2.24) is 5.32 Å². The van der Waals surface area contributed by atoms with Crippen LogP contribution in [0, 0.1) is 12.3 Å². The monoisotopic (exact) mass is 472 g/mol. The number of likely N-dealkylation sites (N-methyl/N-ethyl adjacent to an activating group) is 1. The highest BCUT2D eigenvalue weighted by Gasteiger charge is 2.21. The van der Waals surface area contributed by atoms with E-state index in [-0.39, 0.29) is 24.8 Å². The van der Waals surface area contributed by atoms with Crippen LogP contribution in [0.4, 0.5) is 5.69 Å². The molecular formula is C23H25BrN2O4. The molecule has 0 aliphatic heterocycles. The molecule has 2 aromatic rings. The minimum absolute atomic E-state index is 0.0599. The van der Waals surface area contributed by atoms with Gasteiger partial charge in [-0.05, 0) is 49.7 Å². The molecule has 0 spiro atoms. The summed E-state index contributed by atoms with van der Waals surface area (Å²) in [6.45, 7) is 4.62. The van der Waals surface area contributed by atoms with Crippen LogP contribution in [-0.2, 0) is 16.0 Å². The van der Waals surface area contributed by atoms with Gasteiger partial charge in [0.2, 0.25) is 11.8 Å². The predicted molar refractivity (Wildman–Crippen MR) is 121 cm³/mol. The van der Waals surface area contributed by atoms with Crippen molar-refractivity contribution in [2.24, 2.45) is 0 Å². The van der Waals surface area contributed by atoms with E-state index in [1.54, 1.807) is 36.4 Å². The lowest BCUT2D eigenvalue weighted by Gasteiger charge is -2.23. The van der Waals surface area contributed by atoms with E-state index in [1.807, 2.05) is 13.8 Å². The van der Waals surface area contributed by atoms with Crippen LogP contribution in [0.1, 0.15) is 25.0 Å². The van der Waals surface area contributed by atoms with Crippen LogP contribution in [-0.4, -0.2) is 38.6 Å². The van der Waals surface area contributed by atoms with E-state index in [0.717, 1.165) is 10.0 Å². The fourth-order valence-corrected chi connectivity index (χ4v) is 3.28. The topological polar surface area (TPSA) is 67.9 Å². The molecule has 0 aromatic heterocycles.